The highest BCUT2D eigenvalue weighted by Gasteiger charge is 2.59. The van der Waals surface area contributed by atoms with Crippen molar-refractivity contribution in [3.05, 3.63) is 24.5 Å². The summed E-state index contributed by atoms with van der Waals surface area (Å²) in [6, 6.07) is 4.05. The lowest BCUT2D eigenvalue weighted by molar-refractivity contribution is -0.144. The van der Waals surface area contributed by atoms with Crippen LogP contribution in [0.4, 0.5) is 0 Å². The van der Waals surface area contributed by atoms with Crippen LogP contribution in [0.3, 0.4) is 0 Å². The number of hydrogen-bond donors (Lipinski definition) is 1. The summed E-state index contributed by atoms with van der Waals surface area (Å²) in [4.78, 5) is 12.8. The second-order valence-corrected chi connectivity index (χ2v) is 9.25. The zero-order valence-electron chi connectivity index (χ0n) is 12.4. The predicted octanol–water partition coefficient (Wildman–Crippen LogP) is 3.34. The van der Waals surface area contributed by atoms with E-state index in [1.165, 1.54) is 19.3 Å². The van der Waals surface area contributed by atoms with E-state index in [1.54, 1.807) is 0 Å². The molecule has 0 unspecified atom stereocenters. The lowest BCUT2D eigenvalue weighted by atomic mass is 9.49. The van der Waals surface area contributed by atoms with Crippen molar-refractivity contribution >= 4 is 21.8 Å². The summed E-state index contributed by atoms with van der Waals surface area (Å²) in [6.45, 7) is 1.60. The Morgan fingerprint density at radius 1 is 1.19 bits per heavy atom. The van der Waals surface area contributed by atoms with Crippen LogP contribution in [0.5, 0.6) is 0 Å². The first-order chi connectivity index (χ1) is 10.1. The minimum atomic E-state index is -0.0791. The third-order valence-electron chi connectivity index (χ3n) is 5.79. The molecule has 1 N–H and O–H groups in total. The van der Waals surface area contributed by atoms with E-state index in [2.05, 4.69) is 25.8 Å². The van der Waals surface area contributed by atoms with E-state index in [1.807, 2.05) is 24.5 Å². The zero-order chi connectivity index (χ0) is 14.5. The van der Waals surface area contributed by atoms with E-state index in [0.29, 0.717) is 5.91 Å². The van der Waals surface area contributed by atoms with Crippen molar-refractivity contribution < 1.29 is 4.79 Å². The molecule has 0 saturated heterocycles. The molecule has 0 radical (unpaired) electrons. The number of aromatic nitrogens is 1. The maximum atomic E-state index is 12.8. The van der Waals surface area contributed by atoms with Crippen molar-refractivity contribution in [2.45, 2.75) is 49.4 Å². The first-order valence-electron chi connectivity index (χ1n) is 8.15. The Bertz CT molecular complexity index is 525. The third kappa shape index (κ3) is 2.45. The first kappa shape index (κ1) is 13.9. The van der Waals surface area contributed by atoms with Crippen LogP contribution in [-0.2, 0) is 11.3 Å². The van der Waals surface area contributed by atoms with Gasteiger partial charge in [-0.15, -0.1) is 0 Å². The quantitative estimate of drug-likeness (QED) is 0.830. The van der Waals surface area contributed by atoms with E-state index in [0.717, 1.165) is 44.2 Å². The largest absolute Gasteiger partial charge is 0.354 e. The third-order valence-corrected chi connectivity index (χ3v) is 6.72. The molecule has 4 aliphatic rings. The average Bonchev–Trinajstić information content (AvgIpc) is 2.88. The van der Waals surface area contributed by atoms with Crippen molar-refractivity contribution in [3.8, 4) is 0 Å². The molecule has 4 fully saturated rings. The predicted molar refractivity (Wildman–Crippen MR) is 86.2 cm³/mol. The van der Waals surface area contributed by atoms with Crippen LogP contribution in [0.25, 0.3) is 0 Å². The van der Waals surface area contributed by atoms with Crippen LogP contribution in [0.2, 0.25) is 0 Å². The number of alkyl halides is 1. The number of hydrogen-bond acceptors (Lipinski definition) is 1. The fourth-order valence-corrected chi connectivity index (χ4v) is 6.87. The minimum Gasteiger partial charge on any atom is -0.354 e. The van der Waals surface area contributed by atoms with Crippen molar-refractivity contribution in [3.63, 3.8) is 0 Å². The summed E-state index contributed by atoms with van der Waals surface area (Å²) in [5, 5.41) is 3.21. The standard InChI is InChI=1S/C17H23BrN2O/c18-17-10-13-7-14(11-17)9-16(8-13,12-17)15(21)19-3-6-20-4-1-2-5-20/h1-2,4-5,13-14H,3,6-12H2,(H,19,21)/t13-,14-,16?,17?/m1/s1. The van der Waals surface area contributed by atoms with Gasteiger partial charge in [0.15, 0.2) is 0 Å². The molecule has 1 heterocycles. The lowest BCUT2D eigenvalue weighted by Crippen LogP contribution is -2.58. The zero-order valence-corrected chi connectivity index (χ0v) is 13.9. The van der Waals surface area contributed by atoms with Gasteiger partial charge < -0.3 is 9.88 Å². The fourth-order valence-electron chi connectivity index (χ4n) is 5.42. The van der Waals surface area contributed by atoms with Gasteiger partial charge in [-0.1, -0.05) is 15.9 Å². The number of halogens is 1. The molecule has 0 spiro atoms. The van der Waals surface area contributed by atoms with E-state index < -0.39 is 0 Å². The number of nitrogens with zero attached hydrogens (tertiary/aromatic N) is 1. The molecule has 3 nitrogen and oxygen atoms in total. The van der Waals surface area contributed by atoms with Crippen molar-refractivity contribution in [2.24, 2.45) is 17.3 Å². The Balaban J connectivity index is 1.42. The van der Waals surface area contributed by atoms with Gasteiger partial charge in [-0.3, -0.25) is 4.79 Å². The second-order valence-electron chi connectivity index (χ2n) is 7.57. The molecule has 1 aromatic rings. The highest BCUT2D eigenvalue weighted by Crippen LogP contribution is 2.64. The topological polar surface area (TPSA) is 34.0 Å². The van der Waals surface area contributed by atoms with Gasteiger partial charge in [-0.25, -0.2) is 0 Å². The van der Waals surface area contributed by atoms with Crippen LogP contribution in [0, 0.1) is 17.3 Å². The maximum absolute atomic E-state index is 12.8. The SMILES string of the molecule is O=C(NCCn1cccc1)C12C[C@H]3C[C@@H](CC(Br)(C3)C1)C2. The number of carbonyl (C=O) groups excluding carboxylic acids is 1. The number of rotatable bonds is 4. The van der Waals surface area contributed by atoms with E-state index in [9.17, 15) is 4.79 Å². The Morgan fingerprint density at radius 2 is 1.86 bits per heavy atom. The van der Waals surface area contributed by atoms with Crippen molar-refractivity contribution in [1.82, 2.24) is 9.88 Å². The molecule has 4 heteroatoms. The van der Waals surface area contributed by atoms with E-state index >= 15 is 0 Å². The Hall–Kier alpha value is -0.770. The maximum Gasteiger partial charge on any atom is 0.226 e. The molecule has 1 amide bonds. The normalized spacial score (nSPS) is 40.4. The van der Waals surface area contributed by atoms with Gasteiger partial charge in [-0.2, -0.15) is 0 Å². The molecular formula is C17H23BrN2O. The van der Waals surface area contributed by atoms with Gasteiger partial charge in [0.25, 0.3) is 0 Å². The summed E-state index contributed by atoms with van der Waals surface area (Å²) in [7, 11) is 0. The first-order valence-corrected chi connectivity index (χ1v) is 8.94. The van der Waals surface area contributed by atoms with Gasteiger partial charge in [0, 0.05) is 29.8 Å². The van der Waals surface area contributed by atoms with Crippen LogP contribution in [0.1, 0.15) is 38.5 Å². The number of amides is 1. The molecule has 5 rings (SSSR count). The van der Waals surface area contributed by atoms with Crippen molar-refractivity contribution in [1.29, 1.82) is 0 Å². The second kappa shape index (κ2) is 4.87. The Morgan fingerprint density at radius 3 is 2.48 bits per heavy atom. The molecule has 4 saturated carbocycles. The van der Waals surface area contributed by atoms with Gasteiger partial charge >= 0.3 is 0 Å². The van der Waals surface area contributed by atoms with Crippen LogP contribution in [0.15, 0.2) is 24.5 Å². The monoisotopic (exact) mass is 350 g/mol. The fraction of sp³-hybridized carbons (Fsp3) is 0.706. The summed E-state index contributed by atoms with van der Waals surface area (Å²) < 4.78 is 2.38. The summed E-state index contributed by atoms with van der Waals surface area (Å²) >= 11 is 3.98. The average molecular weight is 351 g/mol. The van der Waals surface area contributed by atoms with Gasteiger partial charge in [0.2, 0.25) is 5.91 Å². The molecule has 21 heavy (non-hydrogen) atoms. The molecule has 0 aliphatic heterocycles. The summed E-state index contributed by atoms with van der Waals surface area (Å²) in [6.07, 6.45) is 11.3. The van der Waals surface area contributed by atoms with Gasteiger partial charge in [0.05, 0.1) is 5.41 Å². The van der Waals surface area contributed by atoms with Crippen LogP contribution < -0.4 is 5.32 Å². The Labute approximate surface area is 134 Å². The highest BCUT2D eigenvalue weighted by molar-refractivity contribution is 9.10. The number of nitrogens with one attached hydrogen (secondary N) is 1. The van der Waals surface area contributed by atoms with E-state index in [4.69, 9.17) is 0 Å². The Kier molecular flexibility index (Phi) is 3.21. The molecular weight excluding hydrogens is 328 g/mol. The molecule has 2 atom stereocenters. The molecule has 4 aliphatic carbocycles. The van der Waals surface area contributed by atoms with Crippen LogP contribution >= 0.6 is 15.9 Å². The van der Waals surface area contributed by atoms with Crippen molar-refractivity contribution in [2.75, 3.05) is 6.54 Å². The smallest absolute Gasteiger partial charge is 0.226 e. The number of carbonyl (C=O) groups is 1. The molecule has 4 bridgehead atoms. The van der Waals surface area contributed by atoms with Crippen LogP contribution in [-0.4, -0.2) is 21.3 Å². The minimum absolute atomic E-state index is 0.0791. The summed E-state index contributed by atoms with van der Waals surface area (Å²) in [5.74, 6) is 1.84. The molecule has 1 aromatic heterocycles. The summed E-state index contributed by atoms with van der Waals surface area (Å²) in [5.41, 5.74) is -0.0791. The molecule has 0 aromatic carbocycles. The highest BCUT2D eigenvalue weighted by atomic mass is 79.9. The van der Waals surface area contributed by atoms with E-state index in [-0.39, 0.29) is 9.74 Å². The lowest BCUT2D eigenvalue weighted by Gasteiger charge is -2.59. The van der Waals surface area contributed by atoms with Gasteiger partial charge in [0.1, 0.15) is 0 Å². The van der Waals surface area contributed by atoms with Gasteiger partial charge in [-0.05, 0) is 62.5 Å². The molecule has 114 valence electrons.